The predicted molar refractivity (Wildman–Crippen MR) is 105 cm³/mol. The first-order chi connectivity index (χ1) is 13.5. The van der Waals surface area contributed by atoms with E-state index in [0.717, 1.165) is 0 Å². The molecule has 9 heteroatoms. The minimum atomic E-state index is -0.569. The first-order valence-corrected chi connectivity index (χ1v) is 9.18. The number of nitrogens with one attached hydrogen (secondary N) is 1. The molecule has 7 nitrogen and oxygen atoms in total. The molecule has 1 saturated heterocycles. The molecule has 1 fully saturated rings. The van der Waals surface area contributed by atoms with Gasteiger partial charge in [0.1, 0.15) is 11.6 Å². The van der Waals surface area contributed by atoms with Crippen molar-refractivity contribution in [2.45, 2.75) is 0 Å². The number of furan rings is 1. The van der Waals surface area contributed by atoms with Crippen molar-refractivity contribution >= 4 is 40.7 Å². The van der Waals surface area contributed by atoms with Crippen LogP contribution in [-0.2, 0) is 4.79 Å². The first kappa shape index (κ1) is 19.8. The Hall–Kier alpha value is -2.95. The lowest BCUT2D eigenvalue weighted by atomic mass is 10.2. The van der Waals surface area contributed by atoms with Crippen LogP contribution in [0.15, 0.2) is 52.8 Å². The number of piperazine rings is 1. The number of carbonyl (C=O) groups excluding carboxylic acids is 2. The summed E-state index contributed by atoms with van der Waals surface area (Å²) in [5.41, 5.74) is 0.308. The maximum Gasteiger partial charge on any atom is 0.289 e. The number of anilines is 1. The van der Waals surface area contributed by atoms with Crippen molar-refractivity contribution in [1.29, 1.82) is 5.26 Å². The fraction of sp³-hybridized carbons (Fsp3) is 0.211. The van der Waals surface area contributed by atoms with Crippen LogP contribution in [0.2, 0.25) is 10.0 Å². The molecule has 0 spiro atoms. The van der Waals surface area contributed by atoms with Gasteiger partial charge in [-0.05, 0) is 30.3 Å². The third kappa shape index (κ3) is 4.66. The Bertz CT molecular complexity index is 943. The van der Waals surface area contributed by atoms with Gasteiger partial charge in [-0.25, -0.2) is 0 Å². The second kappa shape index (κ2) is 8.83. The molecule has 2 amide bonds. The number of rotatable bonds is 4. The molecule has 2 aromatic rings. The van der Waals surface area contributed by atoms with E-state index >= 15 is 0 Å². The minimum Gasteiger partial charge on any atom is -0.459 e. The van der Waals surface area contributed by atoms with Crippen LogP contribution >= 0.6 is 23.2 Å². The fourth-order valence-corrected chi connectivity index (χ4v) is 3.17. The number of nitriles is 1. The van der Waals surface area contributed by atoms with Gasteiger partial charge >= 0.3 is 0 Å². The van der Waals surface area contributed by atoms with Crippen molar-refractivity contribution in [3.8, 4) is 6.07 Å². The van der Waals surface area contributed by atoms with Gasteiger partial charge < -0.3 is 19.5 Å². The summed E-state index contributed by atoms with van der Waals surface area (Å²) in [6.07, 6.45) is 2.95. The van der Waals surface area contributed by atoms with E-state index in [9.17, 15) is 14.9 Å². The molecule has 2 heterocycles. The zero-order valence-corrected chi connectivity index (χ0v) is 16.2. The average Bonchev–Trinajstić information content (AvgIpc) is 3.23. The molecule has 0 unspecified atom stereocenters. The minimum absolute atomic E-state index is 0.0585. The van der Waals surface area contributed by atoms with E-state index in [4.69, 9.17) is 27.6 Å². The lowest BCUT2D eigenvalue weighted by Crippen LogP contribution is -2.47. The van der Waals surface area contributed by atoms with E-state index in [1.54, 1.807) is 29.2 Å². The molecule has 1 aromatic carbocycles. The van der Waals surface area contributed by atoms with E-state index < -0.39 is 5.91 Å². The molecule has 1 aliphatic heterocycles. The molecule has 0 aliphatic carbocycles. The van der Waals surface area contributed by atoms with Crippen molar-refractivity contribution in [2.75, 3.05) is 31.5 Å². The number of halogens is 2. The average molecular weight is 419 g/mol. The monoisotopic (exact) mass is 418 g/mol. The van der Waals surface area contributed by atoms with Crippen LogP contribution in [0.4, 0.5) is 5.69 Å². The van der Waals surface area contributed by atoms with Crippen LogP contribution in [0.3, 0.4) is 0 Å². The van der Waals surface area contributed by atoms with Gasteiger partial charge in [-0.3, -0.25) is 9.59 Å². The van der Waals surface area contributed by atoms with Gasteiger partial charge in [0.05, 0.1) is 17.0 Å². The molecule has 28 heavy (non-hydrogen) atoms. The second-order valence-electron chi connectivity index (χ2n) is 6.04. The molecule has 1 aromatic heterocycles. The largest absolute Gasteiger partial charge is 0.459 e. The highest BCUT2D eigenvalue weighted by Crippen LogP contribution is 2.25. The summed E-state index contributed by atoms with van der Waals surface area (Å²) in [7, 11) is 0. The molecule has 0 saturated carbocycles. The Balaban J connectivity index is 1.61. The normalized spacial score (nSPS) is 14.5. The van der Waals surface area contributed by atoms with E-state index in [2.05, 4.69) is 5.32 Å². The summed E-state index contributed by atoms with van der Waals surface area (Å²) in [6, 6.07) is 9.84. The van der Waals surface area contributed by atoms with E-state index in [-0.39, 0.29) is 16.5 Å². The zero-order chi connectivity index (χ0) is 20.1. The molecule has 0 radical (unpaired) electrons. The summed E-state index contributed by atoms with van der Waals surface area (Å²) < 4.78 is 5.13. The van der Waals surface area contributed by atoms with Crippen molar-refractivity contribution in [3.63, 3.8) is 0 Å². The molecule has 0 atom stereocenters. The summed E-state index contributed by atoms with van der Waals surface area (Å²) in [6.45, 7) is 1.90. The van der Waals surface area contributed by atoms with Crippen molar-refractivity contribution in [2.24, 2.45) is 0 Å². The maximum absolute atomic E-state index is 12.4. The highest BCUT2D eigenvalue weighted by atomic mass is 35.5. The maximum atomic E-state index is 12.4. The number of benzene rings is 1. The molecule has 1 N–H and O–H groups in total. The summed E-state index contributed by atoms with van der Waals surface area (Å²) in [4.78, 5) is 28.2. The van der Waals surface area contributed by atoms with Crippen LogP contribution in [-0.4, -0.2) is 47.8 Å². The van der Waals surface area contributed by atoms with Crippen molar-refractivity contribution in [1.82, 2.24) is 9.80 Å². The Morgan fingerprint density at radius 3 is 2.54 bits per heavy atom. The van der Waals surface area contributed by atoms with Crippen LogP contribution in [0.25, 0.3) is 0 Å². The first-order valence-electron chi connectivity index (χ1n) is 8.43. The fourth-order valence-electron chi connectivity index (χ4n) is 2.71. The number of amides is 2. The number of hydrogen-bond acceptors (Lipinski definition) is 5. The molecular formula is C19H16Cl2N4O3. The SMILES string of the molecule is N#C/C(=C/N1CCN(C(=O)c2ccco2)CC1)C(=O)Nc1ccc(Cl)cc1Cl. The molecule has 144 valence electrons. The van der Waals surface area contributed by atoms with Gasteiger partial charge in [-0.15, -0.1) is 0 Å². The predicted octanol–water partition coefficient (Wildman–Crippen LogP) is 3.39. The highest BCUT2D eigenvalue weighted by Gasteiger charge is 2.23. The standard InChI is InChI=1S/C19H16Cl2N4O3/c20-14-3-4-16(15(21)10-14)23-18(26)13(11-22)12-24-5-7-25(8-6-24)19(27)17-2-1-9-28-17/h1-4,9-10,12H,5-8H2,(H,23,26)/b13-12-. The van der Waals surface area contributed by atoms with Crippen LogP contribution in [0.1, 0.15) is 10.6 Å². The molecular weight excluding hydrogens is 403 g/mol. The number of hydrogen-bond donors (Lipinski definition) is 1. The molecule has 1 aliphatic rings. The second-order valence-corrected chi connectivity index (χ2v) is 6.88. The van der Waals surface area contributed by atoms with E-state index in [1.807, 2.05) is 11.0 Å². The van der Waals surface area contributed by atoms with Gasteiger partial charge in [0.25, 0.3) is 11.8 Å². The highest BCUT2D eigenvalue weighted by molar-refractivity contribution is 6.36. The Morgan fingerprint density at radius 1 is 1.18 bits per heavy atom. The molecule has 0 bridgehead atoms. The van der Waals surface area contributed by atoms with Crippen LogP contribution in [0.5, 0.6) is 0 Å². The van der Waals surface area contributed by atoms with E-state index in [0.29, 0.717) is 42.6 Å². The summed E-state index contributed by atoms with van der Waals surface area (Å²) in [5.74, 6) is -0.453. The Kier molecular flexibility index (Phi) is 6.24. The molecule has 3 rings (SSSR count). The van der Waals surface area contributed by atoms with Gasteiger partial charge in [-0.2, -0.15) is 5.26 Å². The van der Waals surface area contributed by atoms with Gasteiger partial charge in [0.15, 0.2) is 5.76 Å². The summed E-state index contributed by atoms with van der Waals surface area (Å²) in [5, 5.41) is 12.7. The number of nitrogens with zero attached hydrogens (tertiary/aromatic N) is 3. The van der Waals surface area contributed by atoms with Gasteiger partial charge in [0, 0.05) is 37.4 Å². The van der Waals surface area contributed by atoms with Crippen LogP contribution in [0, 0.1) is 11.3 Å². The van der Waals surface area contributed by atoms with E-state index in [1.165, 1.54) is 18.5 Å². The lowest BCUT2D eigenvalue weighted by Gasteiger charge is -2.33. The van der Waals surface area contributed by atoms with Crippen molar-refractivity contribution in [3.05, 3.63) is 64.2 Å². The lowest BCUT2D eigenvalue weighted by molar-refractivity contribution is -0.112. The van der Waals surface area contributed by atoms with Gasteiger partial charge in [0.2, 0.25) is 0 Å². The third-order valence-corrected chi connectivity index (χ3v) is 4.74. The Morgan fingerprint density at radius 2 is 1.93 bits per heavy atom. The van der Waals surface area contributed by atoms with Crippen LogP contribution < -0.4 is 5.32 Å². The quantitative estimate of drug-likeness (QED) is 0.606. The topological polar surface area (TPSA) is 89.6 Å². The Labute approximate surface area is 171 Å². The smallest absolute Gasteiger partial charge is 0.289 e. The zero-order valence-electron chi connectivity index (χ0n) is 14.7. The third-order valence-electron chi connectivity index (χ3n) is 4.19. The number of carbonyl (C=O) groups is 2. The summed E-state index contributed by atoms with van der Waals surface area (Å²) >= 11 is 11.9. The van der Waals surface area contributed by atoms with Gasteiger partial charge in [-0.1, -0.05) is 23.2 Å². The van der Waals surface area contributed by atoms with Crippen molar-refractivity contribution < 1.29 is 14.0 Å².